The van der Waals surface area contributed by atoms with Crippen LogP contribution in [0.4, 0.5) is 15.8 Å². The molecule has 1 aliphatic carbocycles. The number of benzene rings is 2. The average molecular weight is 594 g/mol. The molecule has 0 radical (unpaired) electrons. The first-order chi connectivity index (χ1) is 20.3. The molecule has 42 heavy (non-hydrogen) atoms. The number of nitrogens with one attached hydrogen (secondary N) is 2. The lowest BCUT2D eigenvalue weighted by atomic mass is 9.95. The van der Waals surface area contributed by atoms with Crippen LogP contribution in [0.3, 0.4) is 0 Å². The fraction of sp³-hybridized carbons (Fsp3) is 0.419. The summed E-state index contributed by atoms with van der Waals surface area (Å²) in [6.45, 7) is 2.83. The molecule has 3 aromatic rings. The number of rotatable bonds is 9. The number of carbonyl (C=O) groups is 3. The summed E-state index contributed by atoms with van der Waals surface area (Å²) in [5.74, 6) is -1.93. The van der Waals surface area contributed by atoms with Gasteiger partial charge in [0, 0.05) is 24.9 Å². The summed E-state index contributed by atoms with van der Waals surface area (Å²) in [4.78, 5) is 42.6. The van der Waals surface area contributed by atoms with Gasteiger partial charge in [0.1, 0.15) is 16.7 Å². The van der Waals surface area contributed by atoms with Gasteiger partial charge in [0.25, 0.3) is 11.8 Å². The minimum Gasteiger partial charge on any atom is -0.395 e. The molecule has 3 amide bonds. The van der Waals surface area contributed by atoms with Crippen LogP contribution in [0.1, 0.15) is 82.3 Å². The second-order valence-electron chi connectivity index (χ2n) is 10.9. The number of nitrogens with two attached hydrogens (primary N) is 1. The Morgan fingerprint density at radius 2 is 1.76 bits per heavy atom. The summed E-state index contributed by atoms with van der Waals surface area (Å²) in [6.07, 6.45) is 6.65. The number of anilines is 2. The average Bonchev–Trinajstić information content (AvgIpc) is 3.66. The molecule has 2 fully saturated rings. The lowest BCUT2D eigenvalue weighted by Gasteiger charge is -2.31. The number of nitrogens with zero attached hydrogens (tertiary/aromatic N) is 2. The molecule has 2 atom stereocenters. The highest BCUT2D eigenvalue weighted by molar-refractivity contribution is 7.09. The van der Waals surface area contributed by atoms with E-state index in [2.05, 4.69) is 15.0 Å². The topological polar surface area (TPSA) is 127 Å². The van der Waals surface area contributed by atoms with Gasteiger partial charge in [-0.25, -0.2) is 4.39 Å². The first-order valence-electron chi connectivity index (χ1n) is 14.4. The molecule has 1 aliphatic heterocycles. The van der Waals surface area contributed by atoms with Crippen molar-refractivity contribution in [2.24, 2.45) is 0 Å². The smallest absolute Gasteiger partial charge is 0.273 e. The van der Waals surface area contributed by atoms with Crippen molar-refractivity contribution < 1.29 is 23.5 Å². The summed E-state index contributed by atoms with van der Waals surface area (Å²) in [5, 5.41) is 5.93. The molecule has 4 N–H and O–H groups in total. The van der Waals surface area contributed by atoms with Crippen LogP contribution in [0.15, 0.2) is 48.5 Å². The van der Waals surface area contributed by atoms with E-state index in [9.17, 15) is 18.8 Å². The molecule has 9 nitrogen and oxygen atoms in total. The van der Waals surface area contributed by atoms with Crippen LogP contribution in [0.5, 0.6) is 0 Å². The van der Waals surface area contributed by atoms with Crippen molar-refractivity contribution in [2.45, 2.75) is 70.1 Å². The summed E-state index contributed by atoms with van der Waals surface area (Å²) >= 11 is 0.823. The predicted molar refractivity (Wildman–Crippen MR) is 160 cm³/mol. The monoisotopic (exact) mass is 593 g/mol. The van der Waals surface area contributed by atoms with Gasteiger partial charge >= 0.3 is 0 Å². The molecule has 0 bridgehead atoms. The number of carbonyl (C=O) groups excluding carboxylic acids is 3. The second kappa shape index (κ2) is 13.4. The van der Waals surface area contributed by atoms with E-state index in [0.717, 1.165) is 62.0 Å². The normalized spacial score (nSPS) is 17.9. The van der Waals surface area contributed by atoms with E-state index in [4.69, 9.17) is 10.5 Å². The SMILES string of the molecule is Cc1ccc(N(C(=O)c2snc(C(=O)NC3CCCCC3)c2N)[C@@H](C(=O)NC[C@H]2CCCO2)c2ccc(F)cc2)cc1. The van der Waals surface area contributed by atoms with Crippen LogP contribution in [-0.2, 0) is 9.53 Å². The Kier molecular flexibility index (Phi) is 9.48. The van der Waals surface area contributed by atoms with Gasteiger partial charge in [-0.3, -0.25) is 19.3 Å². The molecule has 11 heteroatoms. The van der Waals surface area contributed by atoms with Crippen LogP contribution in [0, 0.1) is 12.7 Å². The maximum atomic E-state index is 14.3. The van der Waals surface area contributed by atoms with Gasteiger partial charge in [0.2, 0.25) is 5.91 Å². The lowest BCUT2D eigenvalue weighted by Crippen LogP contribution is -2.45. The maximum Gasteiger partial charge on any atom is 0.273 e. The molecule has 1 saturated carbocycles. The molecule has 0 spiro atoms. The third kappa shape index (κ3) is 6.79. The Balaban J connectivity index is 1.50. The second-order valence-corrected chi connectivity index (χ2v) is 11.7. The molecule has 2 aliphatic rings. The highest BCUT2D eigenvalue weighted by Crippen LogP contribution is 2.34. The summed E-state index contributed by atoms with van der Waals surface area (Å²) in [7, 11) is 0. The van der Waals surface area contributed by atoms with Crippen molar-refractivity contribution in [3.63, 3.8) is 0 Å². The molecule has 222 valence electrons. The van der Waals surface area contributed by atoms with Crippen molar-refractivity contribution in [3.05, 3.63) is 76.0 Å². The van der Waals surface area contributed by atoms with Crippen LogP contribution in [0.2, 0.25) is 0 Å². The van der Waals surface area contributed by atoms with Gasteiger partial charge in [0.05, 0.1) is 11.8 Å². The highest BCUT2D eigenvalue weighted by Gasteiger charge is 2.36. The van der Waals surface area contributed by atoms with E-state index in [1.165, 1.54) is 29.2 Å². The van der Waals surface area contributed by atoms with E-state index in [1.54, 1.807) is 12.1 Å². The van der Waals surface area contributed by atoms with E-state index < -0.39 is 29.6 Å². The Morgan fingerprint density at radius 3 is 2.43 bits per heavy atom. The number of nitrogen functional groups attached to an aromatic ring is 1. The largest absolute Gasteiger partial charge is 0.395 e. The minimum absolute atomic E-state index is 0.000976. The number of aromatic nitrogens is 1. The minimum atomic E-state index is -1.16. The van der Waals surface area contributed by atoms with Gasteiger partial charge in [-0.05, 0) is 74.0 Å². The van der Waals surface area contributed by atoms with Gasteiger partial charge in [0.15, 0.2) is 5.69 Å². The number of amides is 3. The zero-order valence-corrected chi connectivity index (χ0v) is 24.4. The Bertz CT molecular complexity index is 1400. The zero-order valence-electron chi connectivity index (χ0n) is 23.6. The number of halogens is 1. The van der Waals surface area contributed by atoms with E-state index >= 15 is 0 Å². The molecule has 2 heterocycles. The number of hydrogen-bond acceptors (Lipinski definition) is 7. The van der Waals surface area contributed by atoms with Crippen LogP contribution in [-0.4, -0.2) is 47.4 Å². The molecular formula is C31H36FN5O4S. The third-order valence-corrected chi connectivity index (χ3v) is 8.68. The first kappa shape index (κ1) is 29.7. The summed E-state index contributed by atoms with van der Waals surface area (Å²) in [5.41, 5.74) is 8.18. The van der Waals surface area contributed by atoms with Crippen molar-refractivity contribution in [2.75, 3.05) is 23.8 Å². The standard InChI is InChI=1S/C31H36FN5O4S/c1-19-9-15-23(16-10-19)37(27(20-11-13-21(32)14-12-20)30(39)34-18-24-8-5-17-41-24)31(40)28-25(33)26(36-42-28)29(38)35-22-6-3-2-4-7-22/h9-16,22,24,27H,2-8,17-18,33H2,1H3,(H,34,39)(H,35,38)/t24-,27-/m1/s1. The van der Waals surface area contributed by atoms with Gasteiger partial charge in [-0.15, -0.1) is 0 Å². The Morgan fingerprint density at radius 1 is 1.05 bits per heavy atom. The molecule has 1 saturated heterocycles. The molecular weight excluding hydrogens is 557 g/mol. The molecule has 0 unspecified atom stereocenters. The van der Waals surface area contributed by atoms with Crippen molar-refractivity contribution in [1.29, 1.82) is 0 Å². The van der Waals surface area contributed by atoms with Crippen molar-refractivity contribution in [1.82, 2.24) is 15.0 Å². The first-order valence-corrected chi connectivity index (χ1v) is 15.2. The number of hydrogen-bond donors (Lipinski definition) is 3. The molecule has 5 rings (SSSR count). The fourth-order valence-corrected chi connectivity index (χ4v) is 6.23. The predicted octanol–water partition coefficient (Wildman–Crippen LogP) is 4.92. The van der Waals surface area contributed by atoms with Crippen LogP contribution in [0.25, 0.3) is 0 Å². The van der Waals surface area contributed by atoms with Crippen LogP contribution >= 0.6 is 11.5 Å². The number of aryl methyl sites for hydroxylation is 1. The quantitative estimate of drug-likeness (QED) is 0.323. The maximum absolute atomic E-state index is 14.3. The fourth-order valence-electron chi connectivity index (χ4n) is 5.49. The van der Waals surface area contributed by atoms with Gasteiger partial charge in [-0.2, -0.15) is 4.37 Å². The van der Waals surface area contributed by atoms with Crippen molar-refractivity contribution in [3.8, 4) is 0 Å². The van der Waals surface area contributed by atoms with Crippen molar-refractivity contribution >= 4 is 40.6 Å². The van der Waals surface area contributed by atoms with E-state index in [-0.39, 0.29) is 34.9 Å². The van der Waals surface area contributed by atoms with E-state index in [0.29, 0.717) is 17.9 Å². The number of ether oxygens (including phenoxy) is 1. The lowest BCUT2D eigenvalue weighted by molar-refractivity contribution is -0.123. The molecule has 1 aromatic heterocycles. The highest BCUT2D eigenvalue weighted by atomic mass is 32.1. The summed E-state index contributed by atoms with van der Waals surface area (Å²) < 4.78 is 23.9. The zero-order chi connectivity index (χ0) is 29.6. The third-order valence-electron chi connectivity index (χ3n) is 7.83. The van der Waals surface area contributed by atoms with Crippen LogP contribution < -0.4 is 21.3 Å². The summed E-state index contributed by atoms with van der Waals surface area (Å²) in [6, 6.07) is 11.5. The molecule has 2 aromatic carbocycles. The van der Waals surface area contributed by atoms with Gasteiger partial charge < -0.3 is 21.1 Å². The Labute approximate surface area is 248 Å². The van der Waals surface area contributed by atoms with Gasteiger partial charge in [-0.1, -0.05) is 49.1 Å². The Hall–Kier alpha value is -3.83. The van der Waals surface area contributed by atoms with E-state index in [1.807, 2.05) is 19.1 Å².